The highest BCUT2D eigenvalue weighted by Gasteiger charge is 2.34. The first-order valence-corrected chi connectivity index (χ1v) is 6.20. The van der Waals surface area contributed by atoms with Crippen LogP contribution < -0.4 is 5.32 Å². The van der Waals surface area contributed by atoms with Crippen LogP contribution in [-0.2, 0) is 6.18 Å². The summed E-state index contributed by atoms with van der Waals surface area (Å²) in [5.41, 5.74) is -0.126. The predicted octanol–water partition coefficient (Wildman–Crippen LogP) is 4.15. The summed E-state index contributed by atoms with van der Waals surface area (Å²) in [7, 11) is 0. The predicted molar refractivity (Wildman–Crippen MR) is 72.4 cm³/mol. The number of hydrogen-bond donors (Lipinski definition) is 1. The van der Waals surface area contributed by atoms with Crippen molar-refractivity contribution in [1.82, 2.24) is 4.98 Å². The maximum Gasteiger partial charge on any atom is 0.416 e. The highest BCUT2D eigenvalue weighted by atomic mass is 19.4. The Morgan fingerprint density at radius 1 is 1.19 bits per heavy atom. The van der Waals surface area contributed by atoms with Crippen LogP contribution in [0.15, 0.2) is 42.6 Å². The molecule has 3 nitrogen and oxygen atoms in total. The molecule has 0 radical (unpaired) electrons. The van der Waals surface area contributed by atoms with Crippen LogP contribution >= 0.6 is 0 Å². The van der Waals surface area contributed by atoms with Crippen LogP contribution in [0.25, 0.3) is 0 Å². The van der Waals surface area contributed by atoms with Crippen LogP contribution in [0.3, 0.4) is 0 Å². The Morgan fingerprint density at radius 3 is 2.48 bits per heavy atom. The summed E-state index contributed by atoms with van der Waals surface area (Å²) < 4.78 is 38.9. The van der Waals surface area contributed by atoms with Crippen LogP contribution in [0.4, 0.5) is 19.0 Å². The standard InChI is InChI=1S/C15H12F3N3/c1-10(21-14-7-6-11(8-19)9-20-14)12-4-2-3-5-13(12)15(16,17)18/h2-7,9-10H,1H3,(H,20,21)/t10-/m1/s1. The van der Waals surface area contributed by atoms with Gasteiger partial charge in [0.05, 0.1) is 17.2 Å². The molecule has 0 spiro atoms. The highest BCUT2D eigenvalue weighted by molar-refractivity contribution is 5.43. The maximum absolute atomic E-state index is 13.0. The number of nitrogens with one attached hydrogen (secondary N) is 1. The van der Waals surface area contributed by atoms with E-state index in [1.54, 1.807) is 25.1 Å². The van der Waals surface area contributed by atoms with E-state index in [1.165, 1.54) is 18.3 Å². The van der Waals surface area contributed by atoms with Gasteiger partial charge in [-0.05, 0) is 30.7 Å². The van der Waals surface area contributed by atoms with E-state index in [4.69, 9.17) is 5.26 Å². The molecule has 2 rings (SSSR count). The van der Waals surface area contributed by atoms with Crippen LogP contribution in [0, 0.1) is 11.3 Å². The zero-order valence-corrected chi connectivity index (χ0v) is 11.1. The largest absolute Gasteiger partial charge is 0.416 e. The summed E-state index contributed by atoms with van der Waals surface area (Å²) in [6.45, 7) is 1.63. The molecule has 0 fully saturated rings. The minimum absolute atomic E-state index is 0.149. The number of benzene rings is 1. The van der Waals surface area contributed by atoms with Gasteiger partial charge < -0.3 is 5.32 Å². The first-order chi connectivity index (χ1) is 9.91. The molecular formula is C15H12F3N3. The van der Waals surface area contributed by atoms with E-state index in [1.807, 2.05) is 6.07 Å². The van der Waals surface area contributed by atoms with Gasteiger partial charge in [0.25, 0.3) is 0 Å². The molecule has 2 aromatic rings. The Balaban J connectivity index is 2.24. The topological polar surface area (TPSA) is 48.7 Å². The van der Waals surface area contributed by atoms with E-state index in [9.17, 15) is 13.2 Å². The second kappa shape index (κ2) is 5.83. The van der Waals surface area contributed by atoms with Gasteiger partial charge in [0.15, 0.2) is 0 Å². The number of rotatable bonds is 3. The molecule has 0 aliphatic carbocycles. The molecule has 1 heterocycles. The van der Waals surface area contributed by atoms with Crippen LogP contribution in [0.1, 0.15) is 29.7 Å². The summed E-state index contributed by atoms with van der Waals surface area (Å²) in [6, 6.07) is 9.89. The molecule has 1 aromatic heterocycles. The number of halogens is 3. The van der Waals surface area contributed by atoms with E-state index in [0.29, 0.717) is 11.4 Å². The monoisotopic (exact) mass is 291 g/mol. The maximum atomic E-state index is 13.0. The molecule has 0 aliphatic heterocycles. The molecule has 108 valence electrons. The van der Waals surface area contributed by atoms with E-state index >= 15 is 0 Å². The van der Waals surface area contributed by atoms with Crippen LogP contribution in [0.5, 0.6) is 0 Å². The van der Waals surface area contributed by atoms with Crippen molar-refractivity contribution in [2.24, 2.45) is 0 Å². The SMILES string of the molecule is C[C@@H](Nc1ccc(C#N)cn1)c1ccccc1C(F)(F)F. The molecule has 0 bridgehead atoms. The molecule has 0 amide bonds. The third-order valence-electron chi connectivity index (χ3n) is 2.99. The van der Waals surface area contributed by atoms with Gasteiger partial charge in [-0.2, -0.15) is 18.4 Å². The van der Waals surface area contributed by atoms with Crippen molar-refractivity contribution in [2.75, 3.05) is 5.32 Å². The molecule has 0 aliphatic rings. The quantitative estimate of drug-likeness (QED) is 0.924. The molecule has 0 saturated carbocycles. The van der Waals surface area contributed by atoms with Gasteiger partial charge in [0.2, 0.25) is 0 Å². The van der Waals surface area contributed by atoms with Crippen molar-refractivity contribution in [3.63, 3.8) is 0 Å². The van der Waals surface area contributed by atoms with Gasteiger partial charge in [0.1, 0.15) is 11.9 Å². The summed E-state index contributed by atoms with van der Waals surface area (Å²) in [5, 5.41) is 11.6. The first kappa shape index (κ1) is 14.9. The fraction of sp³-hybridized carbons (Fsp3) is 0.200. The second-order valence-corrected chi connectivity index (χ2v) is 4.49. The van der Waals surface area contributed by atoms with E-state index in [0.717, 1.165) is 6.07 Å². The highest BCUT2D eigenvalue weighted by Crippen LogP contribution is 2.35. The number of anilines is 1. The van der Waals surface area contributed by atoms with Crippen molar-refractivity contribution < 1.29 is 13.2 Å². The third-order valence-corrected chi connectivity index (χ3v) is 2.99. The molecule has 21 heavy (non-hydrogen) atoms. The van der Waals surface area contributed by atoms with Gasteiger partial charge >= 0.3 is 6.18 Å². The van der Waals surface area contributed by atoms with Crippen molar-refractivity contribution in [1.29, 1.82) is 5.26 Å². The Hall–Kier alpha value is -2.55. The molecule has 0 saturated heterocycles. The summed E-state index contributed by atoms with van der Waals surface area (Å²) in [6.07, 6.45) is -3.03. The number of nitriles is 1. The number of alkyl halides is 3. The van der Waals surface area contributed by atoms with Gasteiger partial charge in [-0.15, -0.1) is 0 Å². The number of pyridine rings is 1. The summed E-state index contributed by atoms with van der Waals surface area (Å²) in [5.74, 6) is 0.415. The molecule has 1 aromatic carbocycles. The van der Waals surface area contributed by atoms with Crippen molar-refractivity contribution >= 4 is 5.82 Å². The zero-order valence-electron chi connectivity index (χ0n) is 11.1. The smallest absolute Gasteiger partial charge is 0.364 e. The third kappa shape index (κ3) is 3.51. The second-order valence-electron chi connectivity index (χ2n) is 4.49. The van der Waals surface area contributed by atoms with Gasteiger partial charge in [-0.1, -0.05) is 18.2 Å². The number of nitrogens with zero attached hydrogens (tertiary/aromatic N) is 2. The van der Waals surface area contributed by atoms with Crippen molar-refractivity contribution in [3.05, 3.63) is 59.3 Å². The van der Waals surface area contributed by atoms with E-state index in [2.05, 4.69) is 10.3 Å². The van der Waals surface area contributed by atoms with Crippen LogP contribution in [-0.4, -0.2) is 4.98 Å². The Morgan fingerprint density at radius 2 is 1.90 bits per heavy atom. The molecule has 0 unspecified atom stereocenters. The summed E-state index contributed by atoms with van der Waals surface area (Å²) in [4.78, 5) is 3.99. The van der Waals surface area contributed by atoms with Gasteiger partial charge in [-0.25, -0.2) is 4.98 Å². The number of aromatic nitrogens is 1. The molecule has 1 N–H and O–H groups in total. The molecular weight excluding hydrogens is 279 g/mol. The Kier molecular flexibility index (Phi) is 4.13. The average molecular weight is 291 g/mol. The van der Waals surface area contributed by atoms with Gasteiger partial charge in [-0.3, -0.25) is 0 Å². The van der Waals surface area contributed by atoms with Crippen molar-refractivity contribution in [2.45, 2.75) is 19.1 Å². The Labute approximate surface area is 120 Å². The van der Waals surface area contributed by atoms with E-state index < -0.39 is 17.8 Å². The lowest BCUT2D eigenvalue weighted by Crippen LogP contribution is -2.15. The minimum Gasteiger partial charge on any atom is -0.364 e. The lowest BCUT2D eigenvalue weighted by atomic mass is 10.0. The zero-order chi connectivity index (χ0) is 15.5. The fourth-order valence-electron chi connectivity index (χ4n) is 1.98. The van der Waals surface area contributed by atoms with E-state index in [-0.39, 0.29) is 5.56 Å². The van der Waals surface area contributed by atoms with Crippen molar-refractivity contribution in [3.8, 4) is 6.07 Å². The fourth-order valence-corrected chi connectivity index (χ4v) is 1.98. The van der Waals surface area contributed by atoms with Crippen LogP contribution in [0.2, 0.25) is 0 Å². The molecule has 6 heteroatoms. The molecule has 1 atom stereocenters. The minimum atomic E-state index is -4.40. The first-order valence-electron chi connectivity index (χ1n) is 6.20. The number of hydrogen-bond acceptors (Lipinski definition) is 3. The summed E-state index contributed by atoms with van der Waals surface area (Å²) >= 11 is 0. The normalized spacial score (nSPS) is 12.5. The lowest BCUT2D eigenvalue weighted by molar-refractivity contribution is -0.138. The average Bonchev–Trinajstić information content (AvgIpc) is 2.47. The lowest BCUT2D eigenvalue weighted by Gasteiger charge is -2.19. The Bertz CT molecular complexity index is 657. The van der Waals surface area contributed by atoms with Gasteiger partial charge in [0, 0.05) is 6.20 Å².